The highest BCUT2D eigenvalue weighted by Crippen LogP contribution is 2.31. The Morgan fingerprint density at radius 1 is 1.14 bits per heavy atom. The van der Waals surface area contributed by atoms with Gasteiger partial charge in [0.25, 0.3) is 0 Å². The van der Waals surface area contributed by atoms with Gasteiger partial charge in [0, 0.05) is 37.2 Å². The Bertz CT molecular complexity index is 975. The number of alkyl halides is 3. The van der Waals surface area contributed by atoms with Crippen molar-refractivity contribution in [2.45, 2.75) is 26.3 Å². The lowest BCUT2D eigenvalue weighted by atomic mass is 10.1. The van der Waals surface area contributed by atoms with Gasteiger partial charge in [0.2, 0.25) is 11.2 Å². The molecule has 10 heteroatoms. The summed E-state index contributed by atoms with van der Waals surface area (Å²) in [4.78, 5) is 11.7. The Labute approximate surface area is 170 Å². The van der Waals surface area contributed by atoms with Gasteiger partial charge in [0.1, 0.15) is 12.4 Å². The Morgan fingerprint density at radius 3 is 2.52 bits per heavy atom. The minimum Gasteiger partial charge on any atom is -0.472 e. The summed E-state index contributed by atoms with van der Waals surface area (Å²) >= 11 is 5.77. The van der Waals surface area contributed by atoms with Gasteiger partial charge in [-0.05, 0) is 24.1 Å². The van der Waals surface area contributed by atoms with E-state index in [9.17, 15) is 13.2 Å². The van der Waals surface area contributed by atoms with E-state index in [1.165, 1.54) is 11.7 Å². The lowest BCUT2D eigenvalue weighted by molar-refractivity contribution is -0.140. The van der Waals surface area contributed by atoms with Gasteiger partial charge >= 0.3 is 6.18 Å². The van der Waals surface area contributed by atoms with Crippen LogP contribution < -0.4 is 4.74 Å². The van der Waals surface area contributed by atoms with Gasteiger partial charge in [-0.3, -0.25) is 0 Å². The molecule has 0 unspecified atom stereocenters. The third-order valence-corrected chi connectivity index (χ3v) is 4.27. The molecule has 29 heavy (non-hydrogen) atoms. The van der Waals surface area contributed by atoms with E-state index >= 15 is 0 Å². The van der Waals surface area contributed by atoms with Crippen LogP contribution >= 0.6 is 11.6 Å². The molecule has 3 aromatic rings. The van der Waals surface area contributed by atoms with Gasteiger partial charge in [-0.1, -0.05) is 24.3 Å². The molecule has 0 saturated heterocycles. The number of benzene rings is 1. The smallest absolute Gasteiger partial charge is 0.434 e. The molecule has 0 aliphatic heterocycles. The van der Waals surface area contributed by atoms with Crippen LogP contribution in [-0.2, 0) is 24.1 Å². The summed E-state index contributed by atoms with van der Waals surface area (Å²) in [7, 11) is 1.49. The molecule has 0 N–H and O–H groups in total. The van der Waals surface area contributed by atoms with Gasteiger partial charge in [0.05, 0.1) is 6.61 Å². The summed E-state index contributed by atoms with van der Waals surface area (Å²) < 4.78 is 51.3. The largest absolute Gasteiger partial charge is 0.472 e. The minimum atomic E-state index is -4.52. The molecular weight excluding hydrogens is 409 g/mol. The number of rotatable bonds is 7. The molecule has 0 atom stereocenters. The van der Waals surface area contributed by atoms with Crippen molar-refractivity contribution in [2.75, 3.05) is 13.7 Å². The van der Waals surface area contributed by atoms with Crippen molar-refractivity contribution in [3.63, 3.8) is 0 Å². The lowest BCUT2D eigenvalue weighted by Gasteiger charge is -2.09. The van der Waals surface area contributed by atoms with E-state index in [0.29, 0.717) is 11.4 Å². The quantitative estimate of drug-likeness (QED) is 0.519. The molecule has 0 radical (unpaired) electrons. The zero-order chi connectivity index (χ0) is 21.0. The SMILES string of the molecule is COCCn1cc(C(F)(F)F)nc1-c1ccc(COc2nc(Cl)ncc2C)cc1. The fourth-order valence-corrected chi connectivity index (χ4v) is 2.72. The fourth-order valence-electron chi connectivity index (χ4n) is 2.60. The first kappa shape index (κ1) is 21.1. The molecule has 3 rings (SSSR count). The highest BCUT2D eigenvalue weighted by molar-refractivity contribution is 6.28. The third-order valence-electron chi connectivity index (χ3n) is 4.09. The van der Waals surface area contributed by atoms with Crippen molar-refractivity contribution in [1.29, 1.82) is 0 Å². The van der Waals surface area contributed by atoms with Crippen molar-refractivity contribution >= 4 is 11.6 Å². The lowest BCUT2D eigenvalue weighted by Crippen LogP contribution is -2.06. The standard InChI is InChI=1S/C19H18ClF3N4O2/c1-12-9-24-18(20)26-17(12)29-11-13-3-5-14(6-4-13)16-25-15(19(21,22)23)10-27(16)7-8-28-2/h3-6,9-10H,7-8,11H2,1-2H3. The van der Waals surface area contributed by atoms with Crippen molar-refractivity contribution in [2.24, 2.45) is 0 Å². The zero-order valence-electron chi connectivity index (χ0n) is 15.7. The third kappa shape index (κ3) is 5.24. The topological polar surface area (TPSA) is 62.1 Å². The van der Waals surface area contributed by atoms with E-state index in [1.54, 1.807) is 37.4 Å². The summed E-state index contributed by atoms with van der Waals surface area (Å²) in [6.45, 7) is 2.55. The monoisotopic (exact) mass is 426 g/mol. The molecule has 0 bridgehead atoms. The Kier molecular flexibility index (Phi) is 6.39. The highest BCUT2D eigenvalue weighted by atomic mass is 35.5. The van der Waals surface area contributed by atoms with Crippen LogP contribution in [0.2, 0.25) is 5.28 Å². The zero-order valence-corrected chi connectivity index (χ0v) is 16.5. The van der Waals surface area contributed by atoms with Crippen LogP contribution in [0.1, 0.15) is 16.8 Å². The van der Waals surface area contributed by atoms with E-state index in [2.05, 4.69) is 15.0 Å². The van der Waals surface area contributed by atoms with Gasteiger partial charge < -0.3 is 14.0 Å². The summed E-state index contributed by atoms with van der Waals surface area (Å²) in [5, 5.41) is 0.0873. The molecule has 2 heterocycles. The van der Waals surface area contributed by atoms with Gasteiger partial charge in [-0.15, -0.1) is 0 Å². The van der Waals surface area contributed by atoms with Crippen LogP contribution in [0.25, 0.3) is 11.4 Å². The average molecular weight is 427 g/mol. The predicted molar refractivity (Wildman–Crippen MR) is 101 cm³/mol. The molecule has 1 aromatic carbocycles. The molecule has 154 valence electrons. The molecule has 0 saturated carbocycles. The number of halogens is 4. The van der Waals surface area contributed by atoms with E-state index in [4.69, 9.17) is 21.1 Å². The number of hydrogen-bond donors (Lipinski definition) is 0. The Balaban J connectivity index is 1.78. The van der Waals surface area contributed by atoms with E-state index < -0.39 is 11.9 Å². The number of nitrogens with zero attached hydrogens (tertiary/aromatic N) is 4. The first-order valence-corrected chi connectivity index (χ1v) is 9.00. The molecule has 0 amide bonds. The molecule has 0 spiro atoms. The highest BCUT2D eigenvalue weighted by Gasteiger charge is 2.34. The molecule has 2 aromatic heterocycles. The predicted octanol–water partition coefficient (Wildman–Crippen LogP) is 4.55. The molecule has 6 nitrogen and oxygen atoms in total. The number of imidazole rings is 1. The van der Waals surface area contributed by atoms with Crippen LogP contribution in [0.4, 0.5) is 13.2 Å². The summed E-state index contributed by atoms with van der Waals surface area (Å²) in [5.41, 5.74) is 1.17. The van der Waals surface area contributed by atoms with E-state index in [-0.39, 0.29) is 30.9 Å². The second kappa shape index (κ2) is 8.79. The normalized spacial score (nSPS) is 11.7. The molecule has 0 aliphatic rings. The number of aryl methyl sites for hydroxylation is 1. The van der Waals surface area contributed by atoms with E-state index in [0.717, 1.165) is 17.3 Å². The maximum Gasteiger partial charge on any atom is 0.434 e. The van der Waals surface area contributed by atoms with Crippen LogP contribution in [0.5, 0.6) is 5.88 Å². The van der Waals surface area contributed by atoms with Crippen molar-refractivity contribution in [1.82, 2.24) is 19.5 Å². The molecule has 0 aliphatic carbocycles. The summed E-state index contributed by atoms with van der Waals surface area (Å²) in [6.07, 6.45) is -1.96. The number of methoxy groups -OCH3 is 1. The first-order chi connectivity index (χ1) is 13.8. The van der Waals surface area contributed by atoms with Crippen molar-refractivity contribution < 1.29 is 22.6 Å². The maximum absolute atomic E-state index is 13.1. The van der Waals surface area contributed by atoms with Crippen LogP contribution in [0, 0.1) is 6.92 Å². The summed E-state index contributed by atoms with van der Waals surface area (Å²) in [5.74, 6) is 0.597. The fraction of sp³-hybridized carbons (Fsp3) is 0.316. The number of aromatic nitrogens is 4. The minimum absolute atomic E-state index is 0.0873. The van der Waals surface area contributed by atoms with Gasteiger partial charge in [-0.2, -0.15) is 18.2 Å². The van der Waals surface area contributed by atoms with Gasteiger partial charge in [0.15, 0.2) is 5.69 Å². The first-order valence-electron chi connectivity index (χ1n) is 8.62. The second-order valence-corrected chi connectivity index (χ2v) is 6.58. The maximum atomic E-state index is 13.1. The second-order valence-electron chi connectivity index (χ2n) is 6.25. The average Bonchev–Trinajstić information content (AvgIpc) is 3.12. The van der Waals surface area contributed by atoms with E-state index in [1.807, 2.05) is 0 Å². The number of hydrogen-bond acceptors (Lipinski definition) is 5. The van der Waals surface area contributed by atoms with Crippen molar-refractivity contribution in [3.05, 3.63) is 58.8 Å². The summed E-state index contributed by atoms with van der Waals surface area (Å²) in [6, 6.07) is 6.92. The Hall–Kier alpha value is -2.65. The van der Waals surface area contributed by atoms with Crippen LogP contribution in [-0.4, -0.2) is 33.2 Å². The molecule has 0 fully saturated rings. The number of ether oxygens (including phenoxy) is 2. The molecular formula is C19H18ClF3N4O2. The Morgan fingerprint density at radius 2 is 1.86 bits per heavy atom. The van der Waals surface area contributed by atoms with Gasteiger partial charge in [-0.25, -0.2) is 9.97 Å². The van der Waals surface area contributed by atoms with Crippen LogP contribution in [0.15, 0.2) is 36.7 Å². The van der Waals surface area contributed by atoms with Crippen LogP contribution in [0.3, 0.4) is 0 Å². The van der Waals surface area contributed by atoms with Crippen molar-refractivity contribution in [3.8, 4) is 17.3 Å².